The lowest BCUT2D eigenvalue weighted by Crippen LogP contribution is -2.52. The highest BCUT2D eigenvalue weighted by Gasteiger charge is 2.44. The zero-order valence-electron chi connectivity index (χ0n) is 21.7. The predicted molar refractivity (Wildman–Crippen MR) is 143 cm³/mol. The molecule has 1 unspecified atom stereocenters. The molecule has 0 bridgehead atoms. The number of carbonyl (C=O) groups is 1. The highest BCUT2D eigenvalue weighted by Crippen LogP contribution is 2.36. The summed E-state index contributed by atoms with van der Waals surface area (Å²) in [5.74, 6) is 0.682. The zero-order valence-corrected chi connectivity index (χ0v) is 22.5. The second-order valence-electron chi connectivity index (χ2n) is 9.91. The fourth-order valence-corrected chi connectivity index (χ4v) is 4.70. The number of thioether (sulfide) groups is 1. The molecule has 3 rings (SSSR count). The van der Waals surface area contributed by atoms with Gasteiger partial charge in [-0.15, -0.1) is 11.8 Å². The summed E-state index contributed by atoms with van der Waals surface area (Å²) >= 11 is 1.29. The molecule has 2 amide bonds. The minimum absolute atomic E-state index is 0.158. The van der Waals surface area contributed by atoms with Crippen LogP contribution in [0.3, 0.4) is 0 Å². The van der Waals surface area contributed by atoms with Gasteiger partial charge >= 0.3 is 6.03 Å². The molecule has 204 valence electrons. The van der Waals surface area contributed by atoms with E-state index in [-0.39, 0.29) is 12.6 Å². The Kier molecular flexibility index (Phi) is 10.2. The molecule has 1 fully saturated rings. The number of aryl methyl sites for hydroxylation is 1. The van der Waals surface area contributed by atoms with E-state index in [1.54, 1.807) is 20.1 Å². The second kappa shape index (κ2) is 12.9. The van der Waals surface area contributed by atoms with Gasteiger partial charge in [0.15, 0.2) is 0 Å². The first-order valence-electron chi connectivity index (χ1n) is 12.2. The number of aliphatic hydroxyl groups is 4. The molecular formula is C27H38N2O7S. The standard InChI is InChI=1S/C27H38N2O7S/c1-16-5-8-18(24-22(32)21(31)23(33)25(36-24)37-4)14-19(16)13-17-6-9-20(10-7-17)35-12-11-28-26(34)29-27(2,3)15-30/h5-10,14,21-25,30-33H,11-13,15H2,1-4H3,(H2,28,29,34)/t21-,22-,23+,24?,25-/m1/s1. The minimum Gasteiger partial charge on any atom is -0.492 e. The van der Waals surface area contributed by atoms with Gasteiger partial charge < -0.3 is 40.5 Å². The summed E-state index contributed by atoms with van der Waals surface area (Å²) in [6.07, 6.45) is -1.97. The van der Waals surface area contributed by atoms with Crippen LogP contribution in [0.2, 0.25) is 0 Å². The minimum atomic E-state index is -1.29. The maximum Gasteiger partial charge on any atom is 0.315 e. The highest BCUT2D eigenvalue weighted by atomic mass is 32.2. The van der Waals surface area contributed by atoms with Crippen molar-refractivity contribution in [3.8, 4) is 5.75 Å². The molecule has 9 nitrogen and oxygen atoms in total. The van der Waals surface area contributed by atoms with Gasteiger partial charge in [-0.3, -0.25) is 0 Å². The fraction of sp³-hybridized carbons (Fsp3) is 0.519. The number of nitrogens with one attached hydrogen (secondary N) is 2. The molecule has 1 aliphatic rings. The maximum absolute atomic E-state index is 11.8. The van der Waals surface area contributed by atoms with Gasteiger partial charge in [0.25, 0.3) is 0 Å². The quantitative estimate of drug-likeness (QED) is 0.254. The van der Waals surface area contributed by atoms with Gasteiger partial charge in [0, 0.05) is 0 Å². The Morgan fingerprint density at radius 3 is 2.43 bits per heavy atom. The molecule has 0 spiro atoms. The van der Waals surface area contributed by atoms with Crippen LogP contribution in [0.1, 0.15) is 42.2 Å². The number of aliphatic hydroxyl groups excluding tert-OH is 4. The van der Waals surface area contributed by atoms with Gasteiger partial charge in [-0.2, -0.15) is 0 Å². The van der Waals surface area contributed by atoms with E-state index in [0.717, 1.165) is 22.3 Å². The summed E-state index contributed by atoms with van der Waals surface area (Å²) in [6.45, 7) is 5.93. The molecule has 0 radical (unpaired) electrons. The van der Waals surface area contributed by atoms with E-state index in [2.05, 4.69) is 10.6 Å². The van der Waals surface area contributed by atoms with Crippen LogP contribution in [-0.2, 0) is 11.2 Å². The van der Waals surface area contributed by atoms with Gasteiger partial charge in [-0.1, -0.05) is 30.3 Å². The third kappa shape index (κ3) is 7.83. The van der Waals surface area contributed by atoms with Crippen LogP contribution in [0.25, 0.3) is 0 Å². The average molecular weight is 535 g/mol. The Bertz CT molecular complexity index is 1030. The number of hydrogen-bond acceptors (Lipinski definition) is 8. The van der Waals surface area contributed by atoms with Crippen LogP contribution in [-0.4, -0.2) is 81.8 Å². The third-order valence-corrected chi connectivity index (χ3v) is 7.18. The van der Waals surface area contributed by atoms with E-state index in [1.807, 2.05) is 49.4 Å². The monoisotopic (exact) mass is 534 g/mol. The van der Waals surface area contributed by atoms with E-state index in [4.69, 9.17) is 9.47 Å². The van der Waals surface area contributed by atoms with Crippen molar-refractivity contribution >= 4 is 17.8 Å². The number of hydrogen-bond donors (Lipinski definition) is 6. The molecule has 0 aliphatic carbocycles. The van der Waals surface area contributed by atoms with Crippen molar-refractivity contribution in [2.75, 3.05) is 26.0 Å². The van der Waals surface area contributed by atoms with Crippen molar-refractivity contribution in [1.29, 1.82) is 0 Å². The Labute approximate surface area is 222 Å². The summed E-state index contributed by atoms with van der Waals surface area (Å²) in [5, 5.41) is 45.5. The number of carbonyl (C=O) groups excluding carboxylic acids is 1. The lowest BCUT2D eigenvalue weighted by Gasteiger charge is -2.40. The lowest BCUT2D eigenvalue weighted by atomic mass is 9.91. The molecule has 37 heavy (non-hydrogen) atoms. The van der Waals surface area contributed by atoms with Gasteiger partial charge in [0.2, 0.25) is 0 Å². The SMILES string of the molecule is CS[C@H]1OC(c2ccc(C)c(Cc3ccc(OCCNC(=O)NC(C)(C)CO)cc3)c2)[C@H](O)[C@@H](O)[C@@H]1O. The van der Waals surface area contributed by atoms with E-state index in [1.165, 1.54) is 11.8 Å². The summed E-state index contributed by atoms with van der Waals surface area (Å²) in [7, 11) is 0. The maximum atomic E-state index is 11.8. The van der Waals surface area contributed by atoms with Gasteiger partial charge in [0.1, 0.15) is 42.2 Å². The normalized spacial score (nSPS) is 23.9. The molecular weight excluding hydrogens is 496 g/mol. The molecule has 0 saturated carbocycles. The molecule has 5 atom stereocenters. The zero-order chi connectivity index (χ0) is 27.2. The number of rotatable bonds is 10. The largest absolute Gasteiger partial charge is 0.492 e. The Morgan fingerprint density at radius 1 is 1.08 bits per heavy atom. The van der Waals surface area contributed by atoms with Crippen molar-refractivity contribution in [3.63, 3.8) is 0 Å². The second-order valence-corrected chi connectivity index (χ2v) is 10.8. The Morgan fingerprint density at radius 2 is 1.78 bits per heavy atom. The van der Waals surface area contributed by atoms with Gasteiger partial charge in [-0.05, 0) is 67.8 Å². The van der Waals surface area contributed by atoms with Crippen LogP contribution in [0.15, 0.2) is 42.5 Å². The summed E-state index contributed by atoms with van der Waals surface area (Å²) in [4.78, 5) is 11.8. The van der Waals surface area contributed by atoms with Crippen molar-refractivity contribution in [1.82, 2.24) is 10.6 Å². The van der Waals surface area contributed by atoms with Crippen molar-refractivity contribution < 1.29 is 34.7 Å². The van der Waals surface area contributed by atoms with Crippen LogP contribution in [0.5, 0.6) is 5.75 Å². The van der Waals surface area contributed by atoms with Gasteiger partial charge in [0.05, 0.1) is 18.7 Å². The predicted octanol–water partition coefficient (Wildman–Crippen LogP) is 1.88. The lowest BCUT2D eigenvalue weighted by molar-refractivity contribution is -0.200. The molecule has 2 aromatic rings. The van der Waals surface area contributed by atoms with Crippen molar-refractivity contribution in [2.45, 2.75) is 62.6 Å². The molecule has 1 heterocycles. The molecule has 1 aliphatic heterocycles. The molecule has 2 aromatic carbocycles. The summed E-state index contributed by atoms with van der Waals surface area (Å²) < 4.78 is 11.6. The number of urea groups is 1. The molecule has 0 aromatic heterocycles. The Balaban J connectivity index is 1.57. The van der Waals surface area contributed by atoms with Crippen LogP contribution in [0, 0.1) is 6.92 Å². The van der Waals surface area contributed by atoms with Crippen molar-refractivity contribution in [3.05, 3.63) is 64.7 Å². The van der Waals surface area contributed by atoms with E-state index >= 15 is 0 Å². The van der Waals surface area contributed by atoms with Crippen LogP contribution in [0.4, 0.5) is 4.79 Å². The first-order chi connectivity index (χ1) is 17.5. The van der Waals surface area contributed by atoms with Crippen molar-refractivity contribution in [2.24, 2.45) is 0 Å². The number of benzene rings is 2. The van der Waals surface area contributed by atoms with Crippen LogP contribution >= 0.6 is 11.8 Å². The van der Waals surface area contributed by atoms with Gasteiger partial charge in [-0.25, -0.2) is 4.79 Å². The summed E-state index contributed by atoms with van der Waals surface area (Å²) in [6, 6.07) is 13.2. The first kappa shape index (κ1) is 29.2. The third-order valence-electron chi connectivity index (χ3n) is 6.33. The number of amides is 2. The highest BCUT2D eigenvalue weighted by molar-refractivity contribution is 7.99. The first-order valence-corrected chi connectivity index (χ1v) is 13.5. The summed E-state index contributed by atoms with van der Waals surface area (Å²) in [5.41, 5.74) is 2.64. The smallest absolute Gasteiger partial charge is 0.315 e. The Hall–Kier alpha value is -2.34. The van der Waals surface area contributed by atoms with Crippen LogP contribution < -0.4 is 15.4 Å². The fourth-order valence-electron chi connectivity index (χ4n) is 4.03. The van der Waals surface area contributed by atoms with E-state index < -0.39 is 35.4 Å². The topological polar surface area (TPSA) is 141 Å². The molecule has 1 saturated heterocycles. The van der Waals surface area contributed by atoms with E-state index in [9.17, 15) is 25.2 Å². The number of ether oxygens (including phenoxy) is 2. The van der Waals surface area contributed by atoms with E-state index in [0.29, 0.717) is 25.3 Å². The average Bonchev–Trinajstić information content (AvgIpc) is 2.87. The molecule has 10 heteroatoms. The molecule has 6 N–H and O–H groups in total.